The smallest absolute Gasteiger partial charge is 0.234 e. The third-order valence-corrected chi connectivity index (χ3v) is 5.36. The van der Waals surface area contributed by atoms with E-state index in [9.17, 15) is 0 Å². The van der Waals surface area contributed by atoms with Crippen molar-refractivity contribution >= 4 is 29.1 Å². The van der Waals surface area contributed by atoms with Gasteiger partial charge in [0, 0.05) is 25.2 Å². The van der Waals surface area contributed by atoms with E-state index in [4.69, 9.17) is 26.4 Å². The van der Waals surface area contributed by atoms with Crippen LogP contribution in [0.3, 0.4) is 0 Å². The highest BCUT2D eigenvalue weighted by atomic mass is 32.1. The minimum Gasteiger partial charge on any atom is -0.481 e. The molecule has 2 N–H and O–H groups in total. The Morgan fingerprint density at radius 1 is 1.24 bits per heavy atom. The first-order chi connectivity index (χ1) is 14.1. The Kier molecular flexibility index (Phi) is 5.84. The molecule has 3 heterocycles. The second-order valence-corrected chi connectivity index (χ2v) is 7.53. The van der Waals surface area contributed by atoms with Crippen molar-refractivity contribution in [1.82, 2.24) is 15.3 Å². The molecule has 0 bridgehead atoms. The second-order valence-electron chi connectivity index (χ2n) is 7.13. The Morgan fingerprint density at radius 3 is 2.93 bits per heavy atom. The summed E-state index contributed by atoms with van der Waals surface area (Å²) in [7, 11) is 1.60. The van der Waals surface area contributed by atoms with Crippen molar-refractivity contribution in [2.75, 3.05) is 30.7 Å². The van der Waals surface area contributed by atoms with E-state index in [1.54, 1.807) is 7.11 Å². The fourth-order valence-corrected chi connectivity index (χ4v) is 3.70. The molecule has 4 rings (SSSR count). The van der Waals surface area contributed by atoms with Crippen LogP contribution in [0.1, 0.15) is 31.7 Å². The Hall–Kier alpha value is -2.81. The molecule has 0 amide bonds. The predicted octanol–water partition coefficient (Wildman–Crippen LogP) is 3.08. The van der Waals surface area contributed by atoms with Crippen LogP contribution in [0.15, 0.2) is 24.3 Å². The number of fused-ring (bicyclic) bond motifs is 1. The number of nitrogens with one attached hydrogen (secondary N) is 2. The highest BCUT2D eigenvalue weighted by Crippen LogP contribution is 2.32. The third kappa shape index (κ3) is 4.61. The van der Waals surface area contributed by atoms with E-state index < -0.39 is 0 Å². The SMILES string of the molecule is COc1cc(N2CCCCC2C)nc(NC(=S)NCc2ccc3c(c2)OCO3)n1. The summed E-state index contributed by atoms with van der Waals surface area (Å²) in [4.78, 5) is 11.3. The molecule has 1 atom stereocenters. The van der Waals surface area contributed by atoms with Gasteiger partial charge in [0.25, 0.3) is 0 Å². The Labute approximate surface area is 175 Å². The van der Waals surface area contributed by atoms with Crippen LogP contribution in [0.5, 0.6) is 17.4 Å². The van der Waals surface area contributed by atoms with Crippen LogP contribution >= 0.6 is 12.2 Å². The number of aromatic nitrogens is 2. The van der Waals surface area contributed by atoms with Gasteiger partial charge in [-0.25, -0.2) is 0 Å². The zero-order chi connectivity index (χ0) is 20.2. The topological polar surface area (TPSA) is 80.8 Å². The fourth-order valence-electron chi connectivity index (χ4n) is 3.54. The summed E-state index contributed by atoms with van der Waals surface area (Å²) in [5.41, 5.74) is 1.03. The van der Waals surface area contributed by atoms with Crippen LogP contribution in [0, 0.1) is 0 Å². The van der Waals surface area contributed by atoms with Gasteiger partial charge in [0.1, 0.15) is 5.82 Å². The lowest BCUT2D eigenvalue weighted by Crippen LogP contribution is -2.38. The van der Waals surface area contributed by atoms with Gasteiger partial charge in [-0.1, -0.05) is 6.07 Å². The van der Waals surface area contributed by atoms with Gasteiger partial charge in [0.2, 0.25) is 18.6 Å². The number of methoxy groups -OCH3 is 1. The predicted molar refractivity (Wildman–Crippen MR) is 115 cm³/mol. The quantitative estimate of drug-likeness (QED) is 0.716. The van der Waals surface area contributed by atoms with Crippen LogP contribution in [0.4, 0.5) is 11.8 Å². The van der Waals surface area contributed by atoms with Crippen molar-refractivity contribution in [2.24, 2.45) is 0 Å². The Bertz CT molecular complexity index is 894. The molecule has 1 saturated heterocycles. The average Bonchev–Trinajstić information content (AvgIpc) is 3.20. The van der Waals surface area contributed by atoms with Gasteiger partial charge in [0.05, 0.1) is 7.11 Å². The second kappa shape index (κ2) is 8.69. The molecule has 0 spiro atoms. The van der Waals surface area contributed by atoms with E-state index in [2.05, 4.69) is 32.4 Å². The summed E-state index contributed by atoms with van der Waals surface area (Å²) in [5, 5.41) is 6.68. The monoisotopic (exact) mass is 415 g/mol. The van der Waals surface area contributed by atoms with E-state index >= 15 is 0 Å². The summed E-state index contributed by atoms with van der Waals surface area (Å²) in [6.45, 7) is 4.01. The van der Waals surface area contributed by atoms with E-state index in [0.29, 0.717) is 29.5 Å². The summed E-state index contributed by atoms with van der Waals surface area (Å²) >= 11 is 5.42. The maximum Gasteiger partial charge on any atom is 0.234 e. The molecule has 2 aliphatic rings. The lowest BCUT2D eigenvalue weighted by atomic mass is 10.0. The average molecular weight is 416 g/mol. The largest absolute Gasteiger partial charge is 0.481 e. The van der Waals surface area contributed by atoms with Crippen LogP contribution in [-0.2, 0) is 6.54 Å². The minimum atomic E-state index is 0.261. The lowest BCUT2D eigenvalue weighted by molar-refractivity contribution is 0.174. The number of hydrogen-bond acceptors (Lipinski definition) is 7. The minimum absolute atomic E-state index is 0.261. The zero-order valence-corrected chi connectivity index (χ0v) is 17.4. The van der Waals surface area contributed by atoms with Crippen molar-refractivity contribution in [2.45, 2.75) is 38.8 Å². The molecule has 2 aromatic rings. The molecule has 1 fully saturated rings. The number of rotatable bonds is 5. The third-order valence-electron chi connectivity index (χ3n) is 5.11. The van der Waals surface area contributed by atoms with Crippen molar-refractivity contribution in [3.63, 3.8) is 0 Å². The van der Waals surface area contributed by atoms with Crippen LogP contribution < -0.4 is 29.7 Å². The van der Waals surface area contributed by atoms with E-state index in [-0.39, 0.29) is 6.79 Å². The first kappa shape index (κ1) is 19.5. The molecule has 154 valence electrons. The number of ether oxygens (including phenoxy) is 3. The molecule has 0 aliphatic carbocycles. The number of benzene rings is 1. The van der Waals surface area contributed by atoms with Crippen molar-refractivity contribution < 1.29 is 14.2 Å². The van der Waals surface area contributed by atoms with Crippen molar-refractivity contribution in [3.8, 4) is 17.4 Å². The van der Waals surface area contributed by atoms with Gasteiger partial charge < -0.3 is 29.7 Å². The van der Waals surface area contributed by atoms with Gasteiger partial charge in [-0.3, -0.25) is 0 Å². The number of piperidine rings is 1. The van der Waals surface area contributed by atoms with Gasteiger partial charge in [-0.15, -0.1) is 0 Å². The number of anilines is 2. The summed E-state index contributed by atoms with van der Waals surface area (Å²) < 4.78 is 16.1. The van der Waals surface area contributed by atoms with E-state index in [1.165, 1.54) is 6.42 Å². The molecule has 9 heteroatoms. The van der Waals surface area contributed by atoms with Crippen LogP contribution in [0.2, 0.25) is 0 Å². The fraction of sp³-hybridized carbons (Fsp3) is 0.450. The van der Waals surface area contributed by atoms with Crippen LogP contribution in [0.25, 0.3) is 0 Å². The summed E-state index contributed by atoms with van der Waals surface area (Å²) in [5.74, 6) is 3.29. The maximum atomic E-state index is 5.42. The van der Waals surface area contributed by atoms with Crippen molar-refractivity contribution in [1.29, 1.82) is 0 Å². The first-order valence-electron chi connectivity index (χ1n) is 9.75. The molecular formula is C20H25N5O3S. The summed E-state index contributed by atoms with van der Waals surface area (Å²) in [6, 6.07) is 8.12. The molecule has 0 radical (unpaired) electrons. The highest BCUT2D eigenvalue weighted by Gasteiger charge is 2.21. The molecule has 29 heavy (non-hydrogen) atoms. The molecule has 1 aromatic heterocycles. The normalized spacial score (nSPS) is 17.7. The molecule has 1 unspecified atom stereocenters. The molecule has 8 nitrogen and oxygen atoms in total. The molecular weight excluding hydrogens is 390 g/mol. The lowest BCUT2D eigenvalue weighted by Gasteiger charge is -2.34. The van der Waals surface area contributed by atoms with Gasteiger partial charge in [-0.2, -0.15) is 9.97 Å². The van der Waals surface area contributed by atoms with Crippen molar-refractivity contribution in [3.05, 3.63) is 29.8 Å². The number of nitrogens with zero attached hydrogens (tertiary/aromatic N) is 3. The van der Waals surface area contributed by atoms with Gasteiger partial charge >= 0.3 is 0 Å². The molecule has 0 saturated carbocycles. The van der Waals surface area contributed by atoms with E-state index in [1.807, 2.05) is 24.3 Å². The Morgan fingerprint density at radius 2 is 2.10 bits per heavy atom. The van der Waals surface area contributed by atoms with E-state index in [0.717, 1.165) is 42.3 Å². The standard InChI is InChI=1S/C20H25N5O3S/c1-13-5-3-4-8-25(13)17-10-18(26-2)23-19(22-17)24-20(29)21-11-14-6-7-15-16(9-14)28-12-27-15/h6-7,9-10,13H,3-5,8,11-12H2,1-2H3,(H2,21,22,23,24,29). The maximum absolute atomic E-state index is 5.42. The number of hydrogen-bond donors (Lipinski definition) is 2. The van der Waals surface area contributed by atoms with Gasteiger partial charge in [-0.05, 0) is 56.1 Å². The highest BCUT2D eigenvalue weighted by molar-refractivity contribution is 7.80. The summed E-state index contributed by atoms with van der Waals surface area (Å²) in [6.07, 6.45) is 3.57. The number of thiocarbonyl (C=S) groups is 1. The Balaban J connectivity index is 1.41. The van der Waals surface area contributed by atoms with Gasteiger partial charge in [0.15, 0.2) is 16.6 Å². The van der Waals surface area contributed by atoms with Crippen LogP contribution in [-0.4, -0.2) is 41.6 Å². The zero-order valence-electron chi connectivity index (χ0n) is 16.6. The molecule has 2 aliphatic heterocycles. The molecule has 1 aromatic carbocycles. The first-order valence-corrected chi connectivity index (χ1v) is 10.2.